The largest absolute Gasteiger partial charge is 0.494 e. The number of hydrogen-bond donors (Lipinski definition) is 1. The van der Waals surface area contributed by atoms with Crippen molar-refractivity contribution in [3.63, 3.8) is 0 Å². The summed E-state index contributed by atoms with van der Waals surface area (Å²) < 4.78 is 22.8. The molecule has 4 amide bonds. The molecular formula is C28H32N2O7. The van der Waals surface area contributed by atoms with Gasteiger partial charge in [-0.25, -0.2) is 9.69 Å². The van der Waals surface area contributed by atoms with Crippen LogP contribution in [0, 0.1) is 0 Å². The van der Waals surface area contributed by atoms with E-state index in [-0.39, 0.29) is 11.3 Å². The topological polar surface area (TPSA) is 103 Å². The summed E-state index contributed by atoms with van der Waals surface area (Å²) >= 11 is 0. The molecule has 2 aromatic rings. The van der Waals surface area contributed by atoms with Gasteiger partial charge in [-0.05, 0) is 70.0 Å². The Morgan fingerprint density at radius 2 is 1.54 bits per heavy atom. The van der Waals surface area contributed by atoms with Crippen molar-refractivity contribution in [2.45, 2.75) is 34.1 Å². The molecule has 9 nitrogen and oxygen atoms in total. The minimum absolute atomic E-state index is 0.169. The lowest BCUT2D eigenvalue weighted by Crippen LogP contribution is -2.54. The Morgan fingerprint density at radius 3 is 2.19 bits per heavy atom. The number of benzene rings is 2. The van der Waals surface area contributed by atoms with Crippen molar-refractivity contribution in [2.24, 2.45) is 0 Å². The zero-order valence-corrected chi connectivity index (χ0v) is 21.6. The molecule has 1 fully saturated rings. The number of ether oxygens (including phenoxy) is 4. The molecule has 0 spiro atoms. The van der Waals surface area contributed by atoms with Crippen LogP contribution in [0.25, 0.3) is 6.08 Å². The van der Waals surface area contributed by atoms with E-state index in [0.29, 0.717) is 61.4 Å². The first-order valence-corrected chi connectivity index (χ1v) is 12.2. The third kappa shape index (κ3) is 6.11. The van der Waals surface area contributed by atoms with E-state index in [2.05, 4.69) is 11.9 Å². The van der Waals surface area contributed by atoms with Gasteiger partial charge in [0.25, 0.3) is 11.8 Å². The van der Waals surface area contributed by atoms with Crippen molar-refractivity contribution in [1.29, 1.82) is 0 Å². The predicted octanol–water partition coefficient (Wildman–Crippen LogP) is 4.68. The Labute approximate surface area is 216 Å². The van der Waals surface area contributed by atoms with Crippen molar-refractivity contribution >= 4 is 29.6 Å². The van der Waals surface area contributed by atoms with Gasteiger partial charge >= 0.3 is 6.03 Å². The third-order valence-corrected chi connectivity index (χ3v) is 5.30. The highest BCUT2D eigenvalue weighted by Gasteiger charge is 2.38. The third-order valence-electron chi connectivity index (χ3n) is 5.30. The molecule has 0 atom stereocenters. The Bertz CT molecular complexity index is 1220. The molecule has 0 aliphatic carbocycles. The van der Waals surface area contributed by atoms with Crippen molar-refractivity contribution in [3.8, 4) is 23.0 Å². The molecule has 1 N–H and O–H groups in total. The first kappa shape index (κ1) is 27.3. The van der Waals surface area contributed by atoms with Crippen molar-refractivity contribution in [2.75, 3.05) is 31.3 Å². The van der Waals surface area contributed by atoms with Gasteiger partial charge in [0.1, 0.15) is 17.1 Å². The van der Waals surface area contributed by atoms with E-state index in [0.717, 1.165) is 10.5 Å². The number of carbonyl (C=O) groups is 3. The van der Waals surface area contributed by atoms with Gasteiger partial charge in [0.05, 0.1) is 32.1 Å². The van der Waals surface area contributed by atoms with E-state index < -0.39 is 17.8 Å². The predicted molar refractivity (Wildman–Crippen MR) is 140 cm³/mol. The summed E-state index contributed by atoms with van der Waals surface area (Å²) in [5, 5.41) is 2.25. The molecule has 1 saturated heterocycles. The first-order valence-electron chi connectivity index (χ1n) is 12.2. The van der Waals surface area contributed by atoms with Crippen LogP contribution in [0.1, 0.15) is 38.8 Å². The highest BCUT2D eigenvalue weighted by molar-refractivity contribution is 6.39. The summed E-state index contributed by atoms with van der Waals surface area (Å²) in [7, 11) is 0. The Morgan fingerprint density at radius 1 is 0.865 bits per heavy atom. The van der Waals surface area contributed by atoms with Crippen LogP contribution in [0.3, 0.4) is 0 Å². The van der Waals surface area contributed by atoms with E-state index in [1.165, 1.54) is 12.1 Å². The van der Waals surface area contributed by atoms with Crippen LogP contribution in [-0.4, -0.2) is 44.3 Å². The molecule has 1 aliphatic heterocycles. The number of carbonyl (C=O) groups excluding carboxylic acids is 3. The van der Waals surface area contributed by atoms with E-state index in [9.17, 15) is 14.4 Å². The highest BCUT2D eigenvalue weighted by Crippen LogP contribution is 2.37. The van der Waals surface area contributed by atoms with Gasteiger partial charge in [-0.1, -0.05) is 6.08 Å². The minimum atomic E-state index is -0.879. The van der Waals surface area contributed by atoms with Crippen LogP contribution in [0.15, 0.2) is 48.6 Å². The lowest BCUT2D eigenvalue weighted by Gasteiger charge is -2.28. The lowest BCUT2D eigenvalue weighted by atomic mass is 10.0. The maximum absolute atomic E-state index is 13.6. The number of hydrogen-bond acceptors (Lipinski definition) is 7. The molecule has 0 unspecified atom stereocenters. The second-order valence-corrected chi connectivity index (χ2v) is 7.82. The zero-order chi connectivity index (χ0) is 26.9. The summed E-state index contributed by atoms with van der Waals surface area (Å²) in [6, 6.07) is 7.44. The standard InChI is InChI=1S/C28H32N2O7/c1-6-11-19-14-18(16-24(36-9-4)25(19)37-10-5)15-21-26(31)29-28(33)30(27(21)32)22-17-20(34-7-2)12-13-23(22)35-8-3/h6,12-17H,1,7-11H2,2-5H3,(H,29,31,33)/b21-15+. The number of amides is 4. The van der Waals surface area contributed by atoms with Crippen LogP contribution >= 0.6 is 0 Å². The normalized spacial score (nSPS) is 14.4. The van der Waals surface area contributed by atoms with E-state index >= 15 is 0 Å². The monoisotopic (exact) mass is 508 g/mol. The molecular weight excluding hydrogens is 476 g/mol. The van der Waals surface area contributed by atoms with Crippen LogP contribution in [0.5, 0.6) is 23.0 Å². The molecule has 3 rings (SSSR count). The Kier molecular flexibility index (Phi) is 9.32. The fourth-order valence-corrected chi connectivity index (χ4v) is 3.89. The summed E-state index contributed by atoms with van der Waals surface area (Å²) in [6.07, 6.45) is 3.64. The van der Waals surface area contributed by atoms with E-state index in [1.807, 2.05) is 20.8 Å². The van der Waals surface area contributed by atoms with Gasteiger partial charge in [0.2, 0.25) is 0 Å². The van der Waals surface area contributed by atoms with Gasteiger partial charge in [0, 0.05) is 11.6 Å². The van der Waals surface area contributed by atoms with Crippen LogP contribution < -0.4 is 29.2 Å². The van der Waals surface area contributed by atoms with Crippen LogP contribution in [-0.2, 0) is 16.0 Å². The Hall–Kier alpha value is -4.27. The zero-order valence-electron chi connectivity index (χ0n) is 21.6. The number of nitrogens with one attached hydrogen (secondary N) is 1. The van der Waals surface area contributed by atoms with Gasteiger partial charge < -0.3 is 18.9 Å². The quantitative estimate of drug-likeness (QED) is 0.252. The van der Waals surface area contributed by atoms with Crippen LogP contribution in [0.2, 0.25) is 0 Å². The van der Waals surface area contributed by atoms with Gasteiger partial charge in [-0.15, -0.1) is 6.58 Å². The molecule has 0 bridgehead atoms. The van der Waals surface area contributed by atoms with E-state index in [4.69, 9.17) is 18.9 Å². The number of allylic oxidation sites excluding steroid dienone is 1. The SMILES string of the molecule is C=CCc1cc(/C=C2\C(=O)NC(=O)N(c3cc(OCC)ccc3OCC)C2=O)cc(OCC)c1OCC. The second-order valence-electron chi connectivity index (χ2n) is 7.82. The lowest BCUT2D eigenvalue weighted by molar-refractivity contribution is -0.122. The molecule has 196 valence electrons. The average molecular weight is 509 g/mol. The summed E-state index contributed by atoms with van der Waals surface area (Å²) in [4.78, 5) is 40.1. The molecule has 0 radical (unpaired) electrons. The van der Waals surface area contributed by atoms with E-state index in [1.54, 1.807) is 37.3 Å². The first-order chi connectivity index (χ1) is 17.9. The number of urea groups is 1. The van der Waals surface area contributed by atoms with Gasteiger partial charge in [0.15, 0.2) is 11.5 Å². The smallest absolute Gasteiger partial charge is 0.336 e. The molecule has 0 aromatic heterocycles. The molecule has 0 saturated carbocycles. The van der Waals surface area contributed by atoms with Gasteiger partial charge in [-0.3, -0.25) is 14.9 Å². The molecule has 2 aromatic carbocycles. The minimum Gasteiger partial charge on any atom is -0.494 e. The fourth-order valence-electron chi connectivity index (χ4n) is 3.89. The number of anilines is 1. The van der Waals surface area contributed by atoms with Gasteiger partial charge in [-0.2, -0.15) is 0 Å². The maximum atomic E-state index is 13.6. The number of barbiturate groups is 1. The molecule has 1 aliphatic rings. The molecule has 37 heavy (non-hydrogen) atoms. The average Bonchev–Trinajstić information content (AvgIpc) is 2.86. The van der Waals surface area contributed by atoms with Crippen molar-refractivity contribution in [1.82, 2.24) is 5.32 Å². The fraction of sp³-hybridized carbons (Fsp3) is 0.321. The highest BCUT2D eigenvalue weighted by atomic mass is 16.5. The molecule has 9 heteroatoms. The maximum Gasteiger partial charge on any atom is 0.336 e. The number of imide groups is 2. The van der Waals surface area contributed by atoms with Crippen LogP contribution in [0.4, 0.5) is 10.5 Å². The number of nitrogens with zero attached hydrogens (tertiary/aromatic N) is 1. The molecule has 1 heterocycles. The van der Waals surface area contributed by atoms with Crippen molar-refractivity contribution in [3.05, 3.63) is 59.7 Å². The summed E-state index contributed by atoms with van der Waals surface area (Å²) in [6.45, 7) is 12.7. The van der Waals surface area contributed by atoms with Crippen molar-refractivity contribution < 1.29 is 33.3 Å². The summed E-state index contributed by atoms with van der Waals surface area (Å²) in [5.41, 5.74) is 1.27. The summed E-state index contributed by atoms with van der Waals surface area (Å²) in [5.74, 6) is 0.219. The Balaban J connectivity index is 2.12. The number of rotatable bonds is 12. The second kappa shape index (κ2) is 12.6.